The Kier molecular flexibility index (Phi) is 3.95. The number of nitrogens with zero attached hydrogens (tertiary/aromatic N) is 1. The van der Waals surface area contributed by atoms with E-state index in [0.29, 0.717) is 11.3 Å². The molecule has 5 nitrogen and oxygen atoms in total. The minimum absolute atomic E-state index is 0.249. The number of carboxylic acid groups (broad SMARTS) is 1. The maximum Gasteiger partial charge on any atom is 0.487 e. The van der Waals surface area contributed by atoms with Crippen molar-refractivity contribution in [2.75, 3.05) is 0 Å². The largest absolute Gasteiger partial charge is 0.487 e. The quantitative estimate of drug-likeness (QED) is 0.866. The molecule has 0 spiro atoms. The van der Waals surface area contributed by atoms with Gasteiger partial charge in [-0.25, -0.2) is 4.79 Å². The molecule has 1 aliphatic rings. The topological polar surface area (TPSA) is 68.7 Å². The Morgan fingerprint density at radius 1 is 1.29 bits per heavy atom. The van der Waals surface area contributed by atoms with Crippen molar-refractivity contribution < 1.29 is 19.2 Å². The minimum Gasteiger partial charge on any atom is -0.478 e. The Labute approximate surface area is 125 Å². The van der Waals surface area contributed by atoms with Crippen molar-refractivity contribution in [2.24, 2.45) is 0 Å². The van der Waals surface area contributed by atoms with Crippen LogP contribution in [-0.2, 0) is 9.31 Å². The zero-order valence-corrected chi connectivity index (χ0v) is 13.0. The van der Waals surface area contributed by atoms with Crippen molar-refractivity contribution in [2.45, 2.75) is 45.8 Å². The van der Waals surface area contributed by atoms with Crippen molar-refractivity contribution >= 4 is 19.2 Å². The van der Waals surface area contributed by atoms with Crippen LogP contribution in [0.1, 0.15) is 49.3 Å². The molecule has 1 aromatic rings. The summed E-state index contributed by atoms with van der Waals surface area (Å²) in [4.78, 5) is 15.3. The van der Waals surface area contributed by atoms with Gasteiger partial charge in [-0.05, 0) is 52.3 Å². The number of hydrogen-bond donors (Lipinski definition) is 1. The third-order valence-electron chi connectivity index (χ3n) is 4.05. The molecule has 0 radical (unpaired) electrons. The molecule has 2 rings (SSSR count). The Balaban J connectivity index is 2.16. The fourth-order valence-electron chi connectivity index (χ4n) is 2.01. The van der Waals surface area contributed by atoms with Gasteiger partial charge in [-0.2, -0.15) is 0 Å². The summed E-state index contributed by atoms with van der Waals surface area (Å²) in [5, 5.41) is 9.11. The van der Waals surface area contributed by atoms with E-state index >= 15 is 0 Å². The van der Waals surface area contributed by atoms with Crippen LogP contribution in [0, 0.1) is 6.92 Å². The van der Waals surface area contributed by atoms with Crippen LogP contribution in [0.2, 0.25) is 0 Å². The highest BCUT2D eigenvalue weighted by molar-refractivity contribution is 6.52. The highest BCUT2D eigenvalue weighted by Gasteiger charge is 2.49. The van der Waals surface area contributed by atoms with Crippen molar-refractivity contribution in [1.82, 2.24) is 4.98 Å². The van der Waals surface area contributed by atoms with Gasteiger partial charge in [-0.1, -0.05) is 5.98 Å². The van der Waals surface area contributed by atoms with Gasteiger partial charge in [0.1, 0.15) is 0 Å². The second-order valence-electron chi connectivity index (χ2n) is 6.21. The van der Waals surface area contributed by atoms with Gasteiger partial charge in [0.25, 0.3) is 0 Å². The molecule has 1 aliphatic heterocycles. The molecule has 1 fully saturated rings. The van der Waals surface area contributed by atoms with E-state index < -0.39 is 24.3 Å². The van der Waals surface area contributed by atoms with Crippen LogP contribution in [-0.4, -0.2) is 34.4 Å². The van der Waals surface area contributed by atoms with Gasteiger partial charge in [0, 0.05) is 6.20 Å². The summed E-state index contributed by atoms with van der Waals surface area (Å²) in [7, 11) is -0.466. The second kappa shape index (κ2) is 5.28. The predicted molar refractivity (Wildman–Crippen MR) is 81.0 cm³/mol. The van der Waals surface area contributed by atoms with Crippen molar-refractivity contribution in [1.29, 1.82) is 0 Å². The highest BCUT2D eigenvalue weighted by Crippen LogP contribution is 2.36. The van der Waals surface area contributed by atoms with Crippen molar-refractivity contribution in [3.05, 3.63) is 35.1 Å². The van der Waals surface area contributed by atoms with E-state index in [1.54, 1.807) is 31.2 Å². The SMILES string of the molecule is Cc1cnc(/C=C/B2OC(C)(C)C(C)(C)O2)cc1C(=O)O. The molecule has 0 atom stereocenters. The third kappa shape index (κ3) is 3.17. The number of rotatable bonds is 3. The molecule has 0 bridgehead atoms. The number of aromatic nitrogens is 1. The monoisotopic (exact) mass is 289 g/mol. The fraction of sp³-hybridized carbons (Fsp3) is 0.467. The number of aryl methyl sites for hydroxylation is 1. The standard InChI is InChI=1S/C15H20BNO4/c1-10-9-17-11(8-12(10)13(18)19)6-7-16-20-14(2,3)15(4,5)21-16/h6-9H,1-5H3,(H,18,19)/b7-6+. The first-order chi connectivity index (χ1) is 9.62. The lowest BCUT2D eigenvalue weighted by Gasteiger charge is -2.32. The molecule has 0 saturated carbocycles. The van der Waals surface area contributed by atoms with E-state index in [9.17, 15) is 4.79 Å². The third-order valence-corrected chi connectivity index (χ3v) is 4.05. The number of carbonyl (C=O) groups is 1. The van der Waals surface area contributed by atoms with Gasteiger partial charge in [-0.15, -0.1) is 0 Å². The van der Waals surface area contributed by atoms with Crippen LogP contribution in [0.3, 0.4) is 0 Å². The maximum absolute atomic E-state index is 11.1. The minimum atomic E-state index is -0.958. The lowest BCUT2D eigenvalue weighted by Crippen LogP contribution is -2.41. The van der Waals surface area contributed by atoms with E-state index in [2.05, 4.69) is 4.98 Å². The molecule has 0 aliphatic carbocycles. The first kappa shape index (κ1) is 15.7. The van der Waals surface area contributed by atoms with Crippen molar-refractivity contribution in [3.63, 3.8) is 0 Å². The summed E-state index contributed by atoms with van der Waals surface area (Å²) in [5.41, 5.74) is 0.658. The van der Waals surface area contributed by atoms with E-state index in [0.717, 1.165) is 0 Å². The van der Waals surface area contributed by atoms with E-state index in [1.165, 1.54) is 0 Å². The van der Waals surface area contributed by atoms with Crippen LogP contribution in [0.5, 0.6) is 0 Å². The lowest BCUT2D eigenvalue weighted by atomic mass is 9.89. The summed E-state index contributed by atoms with van der Waals surface area (Å²) in [6.07, 6.45) is 3.27. The molecule has 0 aromatic carbocycles. The number of aromatic carboxylic acids is 1. The molecule has 21 heavy (non-hydrogen) atoms. The molecule has 6 heteroatoms. The molecule has 1 aromatic heterocycles. The normalized spacial score (nSPS) is 20.1. The zero-order valence-electron chi connectivity index (χ0n) is 13.0. The van der Waals surface area contributed by atoms with Gasteiger partial charge in [-0.3, -0.25) is 4.98 Å². The van der Waals surface area contributed by atoms with Crippen LogP contribution >= 0.6 is 0 Å². The average Bonchev–Trinajstić information content (AvgIpc) is 2.56. The Morgan fingerprint density at radius 3 is 2.38 bits per heavy atom. The number of pyridine rings is 1. The highest BCUT2D eigenvalue weighted by atomic mass is 16.7. The Bertz CT molecular complexity index is 579. The first-order valence-electron chi connectivity index (χ1n) is 6.86. The summed E-state index contributed by atoms with van der Waals surface area (Å²) < 4.78 is 11.7. The molecule has 1 saturated heterocycles. The van der Waals surface area contributed by atoms with Crippen molar-refractivity contribution in [3.8, 4) is 0 Å². The summed E-state index contributed by atoms with van der Waals surface area (Å²) in [6, 6.07) is 1.54. The van der Waals surface area contributed by atoms with E-state index in [4.69, 9.17) is 14.4 Å². The van der Waals surface area contributed by atoms with Gasteiger partial charge in [0.15, 0.2) is 0 Å². The molecular weight excluding hydrogens is 269 g/mol. The first-order valence-corrected chi connectivity index (χ1v) is 6.86. The average molecular weight is 289 g/mol. The number of carboxylic acids is 1. The Morgan fingerprint density at radius 2 is 1.86 bits per heavy atom. The van der Waals surface area contributed by atoms with E-state index in [1.807, 2.05) is 27.7 Å². The lowest BCUT2D eigenvalue weighted by molar-refractivity contribution is 0.00578. The van der Waals surface area contributed by atoms with Crippen LogP contribution < -0.4 is 0 Å². The molecule has 1 N–H and O–H groups in total. The predicted octanol–water partition coefficient (Wildman–Crippen LogP) is 2.73. The van der Waals surface area contributed by atoms with Gasteiger partial charge < -0.3 is 14.4 Å². The molecule has 0 unspecified atom stereocenters. The van der Waals surface area contributed by atoms with Gasteiger partial charge in [0.2, 0.25) is 0 Å². The maximum atomic E-state index is 11.1. The summed E-state index contributed by atoms with van der Waals surface area (Å²) in [5.74, 6) is 0.792. The summed E-state index contributed by atoms with van der Waals surface area (Å²) in [6.45, 7) is 9.64. The smallest absolute Gasteiger partial charge is 0.478 e. The van der Waals surface area contributed by atoms with Crippen LogP contribution in [0.4, 0.5) is 0 Å². The summed E-state index contributed by atoms with van der Waals surface area (Å²) >= 11 is 0. The molecular formula is C15H20BNO4. The number of hydrogen-bond acceptors (Lipinski definition) is 4. The van der Waals surface area contributed by atoms with Gasteiger partial charge >= 0.3 is 13.1 Å². The zero-order chi connectivity index (χ0) is 15.8. The second-order valence-corrected chi connectivity index (χ2v) is 6.21. The molecule has 112 valence electrons. The Hall–Kier alpha value is -1.66. The van der Waals surface area contributed by atoms with Crippen LogP contribution in [0.15, 0.2) is 18.2 Å². The van der Waals surface area contributed by atoms with Crippen LogP contribution in [0.25, 0.3) is 6.08 Å². The molecule has 2 heterocycles. The fourth-order valence-corrected chi connectivity index (χ4v) is 2.01. The molecule has 0 amide bonds. The van der Waals surface area contributed by atoms with Gasteiger partial charge in [0.05, 0.1) is 22.5 Å². The van der Waals surface area contributed by atoms with E-state index in [-0.39, 0.29) is 5.56 Å².